The molecule has 0 bridgehead atoms. The lowest BCUT2D eigenvalue weighted by molar-refractivity contribution is -0.367. The van der Waals surface area contributed by atoms with E-state index in [4.69, 9.17) is 5.26 Å². The number of ether oxygens (including phenoxy) is 1. The van der Waals surface area contributed by atoms with Crippen molar-refractivity contribution in [2.45, 2.75) is 23.7 Å². The highest BCUT2D eigenvalue weighted by Crippen LogP contribution is 2.52. The fourth-order valence-corrected chi connectivity index (χ4v) is 0.904. The van der Waals surface area contributed by atoms with Gasteiger partial charge in [0.1, 0.15) is 6.54 Å². The van der Waals surface area contributed by atoms with E-state index in [-0.39, 0.29) is 0 Å². The van der Waals surface area contributed by atoms with E-state index < -0.39 is 36.8 Å². The Hall–Kier alpha value is -1.89. The molecule has 0 radical (unpaired) electrons. The van der Waals surface area contributed by atoms with Crippen LogP contribution in [0.4, 0.5) is 35.1 Å². The molecule has 0 saturated carbocycles. The first-order valence-electron chi connectivity index (χ1n) is 4.43. The average Bonchev–Trinajstić information content (AvgIpc) is 2.33. The molecule has 0 aromatic rings. The zero-order chi connectivity index (χ0) is 16.2. The monoisotopic (exact) mass is 312 g/mol. The molecule has 0 aromatic heterocycles. The van der Waals surface area contributed by atoms with Crippen LogP contribution in [0.3, 0.4) is 0 Å². The van der Waals surface area contributed by atoms with E-state index >= 15 is 0 Å². The molecule has 0 aliphatic rings. The van der Waals surface area contributed by atoms with Gasteiger partial charge in [0.05, 0.1) is 0 Å². The van der Waals surface area contributed by atoms with Crippen molar-refractivity contribution >= 4 is 6.08 Å². The number of hydrogen-bond acceptors (Lipinski definition) is 4. The largest absolute Gasteiger partial charge is 0.421 e. The molecule has 4 nitrogen and oxygen atoms in total. The molecular formula is C8H4F8N2O2. The minimum absolute atomic E-state index is 0.382. The first-order valence-corrected chi connectivity index (χ1v) is 4.43. The smallest absolute Gasteiger partial charge is 0.381 e. The van der Waals surface area contributed by atoms with Gasteiger partial charge in [-0.1, -0.05) is 0 Å². The molecule has 0 fully saturated rings. The summed E-state index contributed by atoms with van der Waals surface area (Å²) >= 11 is 0. The molecule has 0 unspecified atom stereocenters. The number of alkyl halides is 8. The maximum absolute atomic E-state index is 12.9. The fourth-order valence-electron chi connectivity index (χ4n) is 0.904. The molecule has 0 aromatic carbocycles. The molecule has 114 valence electrons. The van der Waals surface area contributed by atoms with Crippen LogP contribution < -0.4 is 0 Å². The Morgan fingerprint density at radius 1 is 0.950 bits per heavy atom. The Morgan fingerprint density at radius 3 is 1.80 bits per heavy atom. The van der Waals surface area contributed by atoms with Crippen LogP contribution in [-0.2, 0) is 9.53 Å². The van der Waals surface area contributed by atoms with Crippen molar-refractivity contribution in [2.75, 3.05) is 13.2 Å². The average molecular weight is 312 g/mol. The van der Waals surface area contributed by atoms with Gasteiger partial charge in [-0.25, -0.2) is 4.79 Å². The summed E-state index contributed by atoms with van der Waals surface area (Å²) in [7, 11) is 0. The number of hydrogen-bond donors (Lipinski definition) is 0. The van der Waals surface area contributed by atoms with Crippen LogP contribution in [0.1, 0.15) is 0 Å². The van der Waals surface area contributed by atoms with Crippen molar-refractivity contribution in [1.29, 1.82) is 5.26 Å². The Bertz CT molecular complexity index is 438. The van der Waals surface area contributed by atoms with E-state index in [2.05, 4.69) is 4.74 Å². The third-order valence-electron chi connectivity index (χ3n) is 1.97. The molecule has 0 rings (SSSR count). The molecular weight excluding hydrogens is 308 g/mol. The minimum atomic E-state index is -6.56. The third kappa shape index (κ3) is 2.98. The number of nitrogens with zero attached hydrogens (tertiary/aromatic N) is 2. The summed E-state index contributed by atoms with van der Waals surface area (Å²) in [5.41, 5.74) is 0. The first kappa shape index (κ1) is 18.1. The fraction of sp³-hybridized carbons (Fsp3) is 0.750. The quantitative estimate of drug-likeness (QED) is 0.314. The lowest BCUT2D eigenvalue weighted by Crippen LogP contribution is -2.64. The summed E-state index contributed by atoms with van der Waals surface area (Å²) in [6, 6.07) is 0. The molecule has 0 spiro atoms. The Balaban J connectivity index is 5.54. The highest BCUT2D eigenvalue weighted by molar-refractivity contribution is 5.33. The maximum Gasteiger partial charge on any atom is 0.381 e. The molecule has 0 aliphatic carbocycles. The summed E-state index contributed by atoms with van der Waals surface area (Å²) in [6.07, 6.45) is 0.887. The second-order valence-corrected chi connectivity index (χ2v) is 3.35. The van der Waals surface area contributed by atoms with Gasteiger partial charge in [-0.3, -0.25) is 0 Å². The van der Waals surface area contributed by atoms with Crippen LogP contribution in [-0.4, -0.2) is 42.9 Å². The first-order chi connectivity index (χ1) is 8.87. The Morgan fingerprint density at radius 2 is 1.40 bits per heavy atom. The molecule has 0 saturated heterocycles. The lowest BCUT2D eigenvalue weighted by atomic mass is 9.99. The molecule has 12 heteroatoms. The van der Waals surface area contributed by atoms with E-state index in [1.165, 1.54) is 0 Å². The van der Waals surface area contributed by atoms with Gasteiger partial charge in [0.15, 0.2) is 6.61 Å². The number of carbonyl (C=O) groups excluding carboxylic acids is 1. The standard InChI is InChI=1S/C8H4F8N2O2/c9-5(10,1-18-4-19)7(13,14)8(15,16)6(11,12)2-20-3-17/h1-2H2. The van der Waals surface area contributed by atoms with Crippen LogP contribution in [0.2, 0.25) is 0 Å². The van der Waals surface area contributed by atoms with Gasteiger partial charge in [0.25, 0.3) is 6.26 Å². The topological polar surface area (TPSA) is 62.4 Å². The van der Waals surface area contributed by atoms with Gasteiger partial charge in [-0.05, 0) is 0 Å². The predicted molar refractivity (Wildman–Crippen MR) is 44.3 cm³/mol. The Kier molecular flexibility index (Phi) is 5.09. The van der Waals surface area contributed by atoms with Crippen LogP contribution in [0, 0.1) is 11.5 Å². The van der Waals surface area contributed by atoms with Gasteiger partial charge < -0.3 is 4.74 Å². The summed E-state index contributed by atoms with van der Waals surface area (Å²) in [4.78, 5) is 11.5. The lowest BCUT2D eigenvalue weighted by Gasteiger charge is -2.35. The van der Waals surface area contributed by atoms with E-state index in [9.17, 15) is 39.9 Å². The van der Waals surface area contributed by atoms with Crippen molar-refractivity contribution in [3.05, 3.63) is 0 Å². The number of isocyanates is 1. The molecule has 0 amide bonds. The summed E-state index contributed by atoms with van der Waals surface area (Å²) in [5, 5.41) is 7.73. The van der Waals surface area contributed by atoms with Crippen LogP contribution >= 0.6 is 0 Å². The van der Waals surface area contributed by atoms with E-state index in [1.807, 2.05) is 4.99 Å². The molecule has 0 N–H and O–H groups in total. The van der Waals surface area contributed by atoms with E-state index in [1.54, 1.807) is 0 Å². The minimum Gasteiger partial charge on any atom is -0.421 e. The highest BCUT2D eigenvalue weighted by Gasteiger charge is 2.80. The third-order valence-corrected chi connectivity index (χ3v) is 1.97. The van der Waals surface area contributed by atoms with Crippen molar-refractivity contribution in [2.24, 2.45) is 4.99 Å². The zero-order valence-electron chi connectivity index (χ0n) is 9.15. The molecule has 0 aliphatic heterocycles. The van der Waals surface area contributed by atoms with Crippen LogP contribution in [0.5, 0.6) is 0 Å². The van der Waals surface area contributed by atoms with Gasteiger partial charge in [-0.2, -0.15) is 45.4 Å². The second-order valence-electron chi connectivity index (χ2n) is 3.35. The maximum atomic E-state index is 12.9. The van der Waals surface area contributed by atoms with Gasteiger partial charge in [0, 0.05) is 0 Å². The zero-order valence-corrected chi connectivity index (χ0v) is 9.15. The number of halogens is 8. The van der Waals surface area contributed by atoms with E-state index in [0.717, 1.165) is 0 Å². The van der Waals surface area contributed by atoms with Crippen LogP contribution in [0.15, 0.2) is 4.99 Å². The van der Waals surface area contributed by atoms with Gasteiger partial charge in [-0.15, -0.1) is 0 Å². The van der Waals surface area contributed by atoms with E-state index in [0.29, 0.717) is 12.3 Å². The van der Waals surface area contributed by atoms with Crippen molar-refractivity contribution in [3.8, 4) is 6.26 Å². The summed E-state index contributed by atoms with van der Waals surface area (Å²) in [6.45, 7) is -4.99. The number of rotatable bonds is 7. The molecule has 20 heavy (non-hydrogen) atoms. The van der Waals surface area contributed by atoms with Gasteiger partial charge in [0.2, 0.25) is 6.08 Å². The van der Waals surface area contributed by atoms with Crippen molar-refractivity contribution in [1.82, 2.24) is 0 Å². The predicted octanol–water partition coefficient (Wildman–Crippen LogP) is 2.36. The normalized spacial score (nSPS) is 13.3. The van der Waals surface area contributed by atoms with Crippen LogP contribution in [0.25, 0.3) is 0 Å². The summed E-state index contributed by atoms with van der Waals surface area (Å²) in [5.74, 6) is -24.6. The summed E-state index contributed by atoms with van der Waals surface area (Å²) < 4.78 is 106. The van der Waals surface area contributed by atoms with Gasteiger partial charge >= 0.3 is 23.7 Å². The number of aliphatic imine (C=N–C) groups is 1. The second kappa shape index (κ2) is 5.62. The molecule has 0 atom stereocenters. The SMILES string of the molecule is N#COCC(F)(F)C(F)(F)C(F)(F)C(F)(F)CN=C=O. The Labute approximate surface area is 105 Å². The van der Waals surface area contributed by atoms with Crippen molar-refractivity contribution < 1.29 is 44.7 Å². The number of nitriles is 1. The highest BCUT2D eigenvalue weighted by atomic mass is 19.4. The molecule has 0 heterocycles. The van der Waals surface area contributed by atoms with Crippen molar-refractivity contribution in [3.63, 3.8) is 0 Å².